The summed E-state index contributed by atoms with van der Waals surface area (Å²) in [5.41, 5.74) is -5.16. The van der Waals surface area contributed by atoms with E-state index in [1.165, 1.54) is 18.2 Å². The van der Waals surface area contributed by atoms with Crippen molar-refractivity contribution in [3.63, 3.8) is 0 Å². The van der Waals surface area contributed by atoms with Crippen LogP contribution in [0.15, 0.2) is 30.3 Å². The zero-order valence-electron chi connectivity index (χ0n) is 9.63. The van der Waals surface area contributed by atoms with Crippen molar-refractivity contribution in [2.24, 2.45) is 0 Å². The lowest BCUT2D eigenvalue weighted by Crippen LogP contribution is -2.61. The molecule has 0 unspecified atom stereocenters. The van der Waals surface area contributed by atoms with Crippen LogP contribution in [-0.2, 0) is 11.2 Å². The highest BCUT2D eigenvalue weighted by Gasteiger charge is 2.74. The number of ether oxygens (including phenoxy) is 1. The van der Waals surface area contributed by atoms with Crippen LogP contribution in [0.4, 0.5) is 31.1 Å². The number of hydrogen-bond donors (Lipinski definition) is 1. The predicted molar refractivity (Wildman–Crippen MR) is 54.1 cm³/mol. The quantitative estimate of drug-likeness (QED) is 0.682. The minimum Gasteiger partial charge on any atom is -0.450 e. The molecule has 0 saturated heterocycles. The second-order valence-electron chi connectivity index (χ2n) is 3.85. The number of benzene rings is 1. The van der Waals surface area contributed by atoms with Gasteiger partial charge in [-0.05, 0) is 5.56 Å². The lowest BCUT2D eigenvalue weighted by atomic mass is 9.92. The van der Waals surface area contributed by atoms with E-state index in [-0.39, 0.29) is 5.56 Å². The molecule has 0 saturated carbocycles. The maximum atomic E-state index is 12.8. The summed E-state index contributed by atoms with van der Waals surface area (Å²) in [6, 6.07) is 5.88. The number of carbonyl (C=O) groups is 1. The van der Waals surface area contributed by atoms with Crippen LogP contribution in [0, 0.1) is 0 Å². The average molecular weight is 302 g/mol. The Morgan fingerprint density at radius 1 is 1.00 bits per heavy atom. The molecule has 0 aromatic heterocycles. The normalized spacial score (nSPS) is 13.1. The van der Waals surface area contributed by atoms with Gasteiger partial charge in [0.05, 0.1) is 0 Å². The Morgan fingerprint density at radius 3 is 1.80 bits per heavy atom. The third-order valence-corrected chi connectivity index (χ3v) is 2.47. The summed E-state index contributed by atoms with van der Waals surface area (Å²) < 4.78 is 80.1. The van der Waals surface area contributed by atoms with Gasteiger partial charge in [-0.1, -0.05) is 30.3 Å². The molecule has 0 aliphatic carbocycles. The summed E-state index contributed by atoms with van der Waals surface area (Å²) in [6.07, 6.45) is -16.2. The van der Waals surface area contributed by atoms with Crippen LogP contribution in [0.5, 0.6) is 0 Å². The van der Waals surface area contributed by atoms with Crippen molar-refractivity contribution in [1.82, 2.24) is 0 Å². The van der Waals surface area contributed by atoms with Crippen LogP contribution in [-0.4, -0.2) is 29.2 Å². The lowest BCUT2D eigenvalue weighted by Gasteiger charge is -2.35. The van der Waals surface area contributed by atoms with Crippen molar-refractivity contribution in [2.45, 2.75) is 24.4 Å². The summed E-state index contributed by atoms with van der Waals surface area (Å²) >= 11 is 0. The summed E-state index contributed by atoms with van der Waals surface area (Å²) in [5.74, 6) is 0. The monoisotopic (exact) mass is 302 g/mol. The van der Waals surface area contributed by atoms with Crippen LogP contribution in [0.1, 0.15) is 5.56 Å². The van der Waals surface area contributed by atoms with Crippen molar-refractivity contribution in [2.75, 3.05) is 0 Å². The molecule has 0 atom stereocenters. The number of halogens is 6. The Balaban J connectivity index is 3.34. The smallest absolute Gasteiger partial charge is 0.450 e. The van der Waals surface area contributed by atoms with Gasteiger partial charge in [0, 0.05) is 6.42 Å². The molecule has 0 bridgehead atoms. The zero-order chi connectivity index (χ0) is 15.6. The van der Waals surface area contributed by atoms with Gasteiger partial charge in [-0.15, -0.1) is 0 Å². The van der Waals surface area contributed by atoms with E-state index in [4.69, 9.17) is 5.11 Å². The first kappa shape index (κ1) is 16.1. The molecule has 0 aliphatic rings. The first-order chi connectivity index (χ1) is 8.99. The number of rotatable bonds is 3. The van der Waals surface area contributed by atoms with E-state index < -0.39 is 30.5 Å². The molecule has 112 valence electrons. The molecular formula is C11H8F6O3. The van der Waals surface area contributed by atoms with Gasteiger partial charge in [0.25, 0.3) is 0 Å². The fourth-order valence-electron chi connectivity index (χ4n) is 1.55. The SMILES string of the molecule is O=C(O)OC(Cc1ccccc1)(C(F)(F)F)C(F)(F)F. The van der Waals surface area contributed by atoms with E-state index in [9.17, 15) is 31.1 Å². The molecule has 0 fully saturated rings. The third-order valence-electron chi connectivity index (χ3n) is 2.47. The predicted octanol–water partition coefficient (Wildman–Crippen LogP) is 3.79. The molecule has 9 heteroatoms. The highest BCUT2D eigenvalue weighted by molar-refractivity contribution is 5.58. The first-order valence-corrected chi connectivity index (χ1v) is 5.09. The van der Waals surface area contributed by atoms with E-state index in [0.29, 0.717) is 0 Å². The zero-order valence-corrected chi connectivity index (χ0v) is 9.63. The molecule has 0 spiro atoms. The minimum atomic E-state index is -5.94. The molecular weight excluding hydrogens is 294 g/mol. The van der Waals surface area contributed by atoms with Crippen LogP contribution in [0.2, 0.25) is 0 Å². The topological polar surface area (TPSA) is 46.5 Å². The van der Waals surface area contributed by atoms with E-state index in [0.717, 1.165) is 12.1 Å². The van der Waals surface area contributed by atoms with Gasteiger partial charge in [-0.2, -0.15) is 26.3 Å². The molecule has 3 nitrogen and oxygen atoms in total. The van der Waals surface area contributed by atoms with Crippen LogP contribution < -0.4 is 0 Å². The van der Waals surface area contributed by atoms with Crippen molar-refractivity contribution in [3.05, 3.63) is 35.9 Å². The Bertz CT molecular complexity index is 451. The van der Waals surface area contributed by atoms with Crippen LogP contribution in [0.25, 0.3) is 0 Å². The Kier molecular flexibility index (Phi) is 4.21. The summed E-state index contributed by atoms with van der Waals surface area (Å²) in [7, 11) is 0. The molecule has 20 heavy (non-hydrogen) atoms. The first-order valence-electron chi connectivity index (χ1n) is 5.09. The fourth-order valence-corrected chi connectivity index (χ4v) is 1.55. The van der Waals surface area contributed by atoms with Gasteiger partial charge in [-0.25, -0.2) is 4.79 Å². The maximum Gasteiger partial charge on any atom is 0.507 e. The summed E-state index contributed by atoms with van der Waals surface area (Å²) in [5, 5.41) is 8.23. The molecule has 1 aromatic carbocycles. The molecule has 0 aliphatic heterocycles. The number of carboxylic acid groups (broad SMARTS) is 1. The second kappa shape index (κ2) is 5.22. The number of hydrogen-bond acceptors (Lipinski definition) is 2. The van der Waals surface area contributed by atoms with Crippen LogP contribution in [0.3, 0.4) is 0 Å². The number of alkyl halides is 6. The van der Waals surface area contributed by atoms with Crippen LogP contribution >= 0.6 is 0 Å². The molecule has 1 N–H and O–H groups in total. The molecule has 0 heterocycles. The maximum absolute atomic E-state index is 12.8. The van der Waals surface area contributed by atoms with Gasteiger partial charge in [0.2, 0.25) is 0 Å². The van der Waals surface area contributed by atoms with Gasteiger partial charge in [0.1, 0.15) is 0 Å². The van der Waals surface area contributed by atoms with E-state index in [2.05, 4.69) is 4.74 Å². The summed E-state index contributed by atoms with van der Waals surface area (Å²) in [4.78, 5) is 10.3. The molecule has 1 aromatic rings. The Hall–Kier alpha value is -1.93. The van der Waals surface area contributed by atoms with Gasteiger partial charge < -0.3 is 9.84 Å². The standard InChI is InChI=1S/C11H8F6O3/c12-10(13,14)9(11(15,16)17,20-8(18)19)6-7-4-2-1-3-5-7/h1-5H,6H2,(H,18,19). The van der Waals surface area contributed by atoms with Crippen molar-refractivity contribution < 1.29 is 41.0 Å². The summed E-state index contributed by atoms with van der Waals surface area (Å²) in [6.45, 7) is 0. The van der Waals surface area contributed by atoms with E-state index in [1.807, 2.05) is 0 Å². The van der Waals surface area contributed by atoms with Crippen molar-refractivity contribution >= 4 is 6.16 Å². The lowest BCUT2D eigenvalue weighted by molar-refractivity contribution is -0.367. The average Bonchev–Trinajstić information content (AvgIpc) is 2.25. The fraction of sp³-hybridized carbons (Fsp3) is 0.364. The molecule has 0 radical (unpaired) electrons. The third kappa shape index (κ3) is 3.14. The minimum absolute atomic E-state index is 0.358. The highest BCUT2D eigenvalue weighted by Crippen LogP contribution is 2.47. The Labute approximate surface area is 108 Å². The van der Waals surface area contributed by atoms with E-state index in [1.54, 1.807) is 0 Å². The highest BCUT2D eigenvalue weighted by atomic mass is 19.4. The van der Waals surface area contributed by atoms with Crippen molar-refractivity contribution in [1.29, 1.82) is 0 Å². The molecule has 1 rings (SSSR count). The van der Waals surface area contributed by atoms with Gasteiger partial charge in [0.15, 0.2) is 0 Å². The largest absolute Gasteiger partial charge is 0.507 e. The van der Waals surface area contributed by atoms with Gasteiger partial charge in [-0.3, -0.25) is 0 Å². The molecule has 0 amide bonds. The van der Waals surface area contributed by atoms with Crippen molar-refractivity contribution in [3.8, 4) is 0 Å². The second-order valence-corrected chi connectivity index (χ2v) is 3.85. The van der Waals surface area contributed by atoms with Gasteiger partial charge >= 0.3 is 24.1 Å². The Morgan fingerprint density at radius 2 is 1.45 bits per heavy atom. The van der Waals surface area contributed by atoms with E-state index >= 15 is 0 Å².